The molecule has 0 bridgehead atoms. The summed E-state index contributed by atoms with van der Waals surface area (Å²) < 4.78 is 61.5. The predicted molar refractivity (Wildman–Crippen MR) is 62.9 cm³/mol. The average molecular weight is 349 g/mol. The number of nitrogen functional groups attached to an aromatic ring is 1. The van der Waals surface area contributed by atoms with E-state index in [2.05, 4.69) is 20.9 Å². The lowest BCUT2D eigenvalue weighted by molar-refractivity contribution is -0.121. The number of anilines is 2. The van der Waals surface area contributed by atoms with E-state index in [0.717, 1.165) is 6.20 Å². The maximum absolute atomic E-state index is 11.9. The summed E-state index contributed by atoms with van der Waals surface area (Å²) >= 11 is 2.97. The number of rotatable bonds is 4. The molecule has 1 aromatic rings. The molecule has 11 heteroatoms. The number of nitrogens with one attached hydrogen (secondary N) is 2. The number of aromatic nitrogens is 1. The Balaban J connectivity index is 2.77. The number of nitrogens with zero attached hydrogens (tertiary/aromatic N) is 1. The Bertz CT molecular complexity index is 534. The Hall–Kier alpha value is -1.07. The Morgan fingerprint density at radius 1 is 1.44 bits per heavy atom. The predicted octanol–water partition coefficient (Wildman–Crippen LogP) is 1.23. The SMILES string of the molecule is Nc1cnc(NS(=O)(=O)NCC(F)(F)F)c(Br)c1. The molecule has 0 amide bonds. The smallest absolute Gasteiger partial charge is 0.397 e. The molecule has 0 aliphatic heterocycles. The van der Waals surface area contributed by atoms with Crippen LogP contribution in [0.2, 0.25) is 0 Å². The first-order chi connectivity index (χ1) is 8.09. The molecule has 0 fully saturated rings. The number of nitrogens with two attached hydrogens (primary N) is 1. The zero-order valence-corrected chi connectivity index (χ0v) is 11.0. The van der Waals surface area contributed by atoms with E-state index in [1.165, 1.54) is 10.8 Å². The molecule has 0 radical (unpaired) electrons. The van der Waals surface area contributed by atoms with Gasteiger partial charge in [0.05, 0.1) is 16.4 Å². The normalized spacial score (nSPS) is 12.4. The van der Waals surface area contributed by atoms with Crippen LogP contribution in [0.5, 0.6) is 0 Å². The molecule has 0 saturated heterocycles. The zero-order chi connectivity index (χ0) is 14.0. The summed E-state index contributed by atoms with van der Waals surface area (Å²) in [4.78, 5) is 3.62. The monoisotopic (exact) mass is 348 g/mol. The van der Waals surface area contributed by atoms with Gasteiger partial charge in [0.15, 0.2) is 5.82 Å². The minimum Gasteiger partial charge on any atom is -0.397 e. The molecule has 0 unspecified atom stereocenters. The van der Waals surface area contributed by atoms with Gasteiger partial charge >= 0.3 is 16.4 Å². The van der Waals surface area contributed by atoms with Crippen LogP contribution < -0.4 is 15.2 Å². The molecule has 0 aliphatic rings. The van der Waals surface area contributed by atoms with Crippen molar-refractivity contribution in [2.75, 3.05) is 17.0 Å². The van der Waals surface area contributed by atoms with Crippen molar-refractivity contribution in [2.24, 2.45) is 0 Å². The van der Waals surface area contributed by atoms with E-state index in [9.17, 15) is 21.6 Å². The fourth-order valence-electron chi connectivity index (χ4n) is 0.868. The summed E-state index contributed by atoms with van der Waals surface area (Å²) in [6, 6.07) is 1.36. The molecule has 0 saturated carbocycles. The van der Waals surface area contributed by atoms with Gasteiger partial charge in [-0.2, -0.15) is 26.3 Å². The van der Waals surface area contributed by atoms with Crippen molar-refractivity contribution in [3.63, 3.8) is 0 Å². The highest BCUT2D eigenvalue weighted by atomic mass is 79.9. The molecule has 0 aliphatic carbocycles. The molecule has 1 rings (SSSR count). The minimum atomic E-state index is -4.64. The van der Waals surface area contributed by atoms with Crippen molar-refractivity contribution in [3.05, 3.63) is 16.7 Å². The van der Waals surface area contributed by atoms with Gasteiger partial charge in [0.1, 0.15) is 6.54 Å². The fourth-order valence-corrected chi connectivity index (χ4v) is 2.31. The number of pyridine rings is 1. The van der Waals surface area contributed by atoms with Gasteiger partial charge < -0.3 is 5.73 Å². The van der Waals surface area contributed by atoms with Crippen LogP contribution >= 0.6 is 15.9 Å². The second-order valence-corrected chi connectivity index (χ2v) is 5.49. The molecule has 4 N–H and O–H groups in total. The van der Waals surface area contributed by atoms with Gasteiger partial charge in [0.2, 0.25) is 0 Å². The molecule has 18 heavy (non-hydrogen) atoms. The summed E-state index contributed by atoms with van der Waals surface area (Å²) in [6.07, 6.45) is -3.48. The third-order valence-electron chi connectivity index (χ3n) is 1.56. The van der Waals surface area contributed by atoms with E-state index in [1.807, 2.05) is 4.72 Å². The Morgan fingerprint density at radius 2 is 2.06 bits per heavy atom. The molecule has 0 atom stereocenters. The molecule has 1 aromatic heterocycles. The molecule has 102 valence electrons. The van der Waals surface area contributed by atoms with E-state index in [-0.39, 0.29) is 16.0 Å². The van der Waals surface area contributed by atoms with Gasteiger partial charge in [0.25, 0.3) is 0 Å². The van der Waals surface area contributed by atoms with Crippen LogP contribution in [-0.4, -0.2) is 26.1 Å². The summed E-state index contributed by atoms with van der Waals surface area (Å²) in [5, 5.41) is 0. The summed E-state index contributed by atoms with van der Waals surface area (Å²) in [7, 11) is -4.36. The van der Waals surface area contributed by atoms with Crippen LogP contribution in [0.25, 0.3) is 0 Å². The van der Waals surface area contributed by atoms with Crippen LogP contribution in [0.3, 0.4) is 0 Å². The van der Waals surface area contributed by atoms with E-state index < -0.39 is 22.9 Å². The number of hydrogen-bond acceptors (Lipinski definition) is 4. The van der Waals surface area contributed by atoms with Crippen LogP contribution in [-0.2, 0) is 10.2 Å². The molecular weight excluding hydrogens is 341 g/mol. The number of hydrogen-bond donors (Lipinski definition) is 3. The quantitative estimate of drug-likeness (QED) is 0.762. The van der Waals surface area contributed by atoms with Gasteiger partial charge in [-0.3, -0.25) is 4.72 Å². The third-order valence-corrected chi connectivity index (χ3v) is 3.15. The lowest BCUT2D eigenvalue weighted by Crippen LogP contribution is -2.37. The van der Waals surface area contributed by atoms with Gasteiger partial charge in [-0.15, -0.1) is 0 Å². The average Bonchev–Trinajstić information content (AvgIpc) is 2.19. The highest BCUT2D eigenvalue weighted by molar-refractivity contribution is 9.10. The van der Waals surface area contributed by atoms with E-state index in [1.54, 1.807) is 0 Å². The van der Waals surface area contributed by atoms with Gasteiger partial charge in [-0.25, -0.2) is 4.98 Å². The van der Waals surface area contributed by atoms with Crippen molar-refractivity contribution >= 4 is 37.6 Å². The van der Waals surface area contributed by atoms with Gasteiger partial charge in [0, 0.05) is 0 Å². The zero-order valence-electron chi connectivity index (χ0n) is 8.62. The highest BCUT2D eigenvalue weighted by Crippen LogP contribution is 2.22. The molecule has 0 spiro atoms. The highest BCUT2D eigenvalue weighted by Gasteiger charge is 2.29. The van der Waals surface area contributed by atoms with Crippen molar-refractivity contribution in [3.8, 4) is 0 Å². The van der Waals surface area contributed by atoms with Crippen molar-refractivity contribution in [1.82, 2.24) is 9.71 Å². The Morgan fingerprint density at radius 3 is 2.56 bits per heavy atom. The lowest BCUT2D eigenvalue weighted by atomic mass is 10.4. The van der Waals surface area contributed by atoms with E-state index in [0.29, 0.717) is 0 Å². The molecule has 0 aromatic carbocycles. The van der Waals surface area contributed by atoms with Crippen LogP contribution in [0.15, 0.2) is 16.7 Å². The summed E-state index contributed by atoms with van der Waals surface area (Å²) in [5.74, 6) is -0.168. The number of halogens is 4. The first kappa shape index (κ1) is 15.0. The summed E-state index contributed by atoms with van der Waals surface area (Å²) in [5.41, 5.74) is 5.64. The van der Waals surface area contributed by atoms with Crippen LogP contribution in [0.1, 0.15) is 0 Å². The Labute approximate surface area is 109 Å². The van der Waals surface area contributed by atoms with Crippen molar-refractivity contribution < 1.29 is 21.6 Å². The number of alkyl halides is 3. The van der Waals surface area contributed by atoms with Gasteiger partial charge in [-0.1, -0.05) is 0 Å². The maximum Gasteiger partial charge on any atom is 0.402 e. The maximum atomic E-state index is 11.9. The lowest BCUT2D eigenvalue weighted by Gasteiger charge is -2.11. The summed E-state index contributed by atoms with van der Waals surface area (Å²) in [6.45, 7) is -1.67. The molecule has 6 nitrogen and oxygen atoms in total. The molecule has 1 heterocycles. The van der Waals surface area contributed by atoms with Gasteiger partial charge in [-0.05, 0) is 22.0 Å². The molecular formula is C7H8BrF3N4O2S. The third kappa shape index (κ3) is 5.06. The van der Waals surface area contributed by atoms with Crippen molar-refractivity contribution in [2.45, 2.75) is 6.18 Å². The first-order valence-corrected chi connectivity index (χ1v) is 6.62. The van der Waals surface area contributed by atoms with E-state index in [4.69, 9.17) is 5.73 Å². The largest absolute Gasteiger partial charge is 0.402 e. The Kier molecular flexibility index (Phi) is 4.40. The van der Waals surface area contributed by atoms with Crippen LogP contribution in [0, 0.1) is 0 Å². The second-order valence-electron chi connectivity index (χ2n) is 3.14. The fraction of sp³-hybridized carbons (Fsp3) is 0.286. The first-order valence-electron chi connectivity index (χ1n) is 4.34. The second kappa shape index (κ2) is 5.28. The van der Waals surface area contributed by atoms with E-state index >= 15 is 0 Å². The topological polar surface area (TPSA) is 97.1 Å². The van der Waals surface area contributed by atoms with Crippen molar-refractivity contribution in [1.29, 1.82) is 0 Å². The standard InChI is InChI=1S/C7H8BrF3N4O2S/c8-5-1-4(12)2-13-6(5)15-18(16,17)14-3-7(9,10)11/h1-2,14H,3,12H2,(H,13,15). The van der Waals surface area contributed by atoms with Crippen LogP contribution in [0.4, 0.5) is 24.7 Å². The minimum absolute atomic E-state index is 0.168.